The summed E-state index contributed by atoms with van der Waals surface area (Å²) in [6, 6.07) is -0.188. The molecule has 0 spiro atoms. The summed E-state index contributed by atoms with van der Waals surface area (Å²) in [5, 5.41) is 2.59. The summed E-state index contributed by atoms with van der Waals surface area (Å²) in [4.78, 5) is 26.9. The third-order valence-corrected chi connectivity index (χ3v) is 3.22. The standard InChI is InChI=1S/C9H10N2O3S/c1-2-14-9(13)6-3-5-8(15-6)10-4-7(12)11-5/h3-5,8H,2H2,1H3,(H,11,12). The van der Waals surface area contributed by atoms with E-state index in [1.807, 2.05) is 0 Å². The lowest BCUT2D eigenvalue weighted by Gasteiger charge is -2.18. The lowest BCUT2D eigenvalue weighted by Crippen LogP contribution is -2.42. The molecule has 2 heterocycles. The van der Waals surface area contributed by atoms with E-state index in [4.69, 9.17) is 4.74 Å². The number of ether oxygens (including phenoxy) is 1. The summed E-state index contributed by atoms with van der Waals surface area (Å²) < 4.78 is 4.87. The molecule has 0 radical (unpaired) electrons. The molecule has 2 aliphatic heterocycles. The highest BCUT2D eigenvalue weighted by Gasteiger charge is 2.34. The highest BCUT2D eigenvalue weighted by molar-refractivity contribution is 8.04. The van der Waals surface area contributed by atoms with Gasteiger partial charge in [0, 0.05) is 0 Å². The molecule has 0 saturated carbocycles. The van der Waals surface area contributed by atoms with E-state index >= 15 is 0 Å². The van der Waals surface area contributed by atoms with E-state index in [1.54, 1.807) is 13.0 Å². The zero-order valence-corrected chi connectivity index (χ0v) is 8.91. The van der Waals surface area contributed by atoms with E-state index in [0.717, 1.165) is 0 Å². The Morgan fingerprint density at radius 2 is 2.53 bits per heavy atom. The zero-order valence-electron chi connectivity index (χ0n) is 8.10. The summed E-state index contributed by atoms with van der Waals surface area (Å²) >= 11 is 1.32. The van der Waals surface area contributed by atoms with Crippen LogP contribution in [0, 0.1) is 0 Å². The lowest BCUT2D eigenvalue weighted by atomic mass is 10.2. The van der Waals surface area contributed by atoms with Crippen LogP contribution in [0.3, 0.4) is 0 Å². The quantitative estimate of drug-likeness (QED) is 0.677. The maximum atomic E-state index is 11.4. The molecule has 1 N–H and O–H groups in total. The summed E-state index contributed by atoms with van der Waals surface area (Å²) in [5.74, 6) is -0.570. The van der Waals surface area contributed by atoms with Gasteiger partial charge in [0.2, 0.25) is 0 Å². The number of fused-ring (bicyclic) bond motifs is 1. The molecule has 2 unspecified atom stereocenters. The topological polar surface area (TPSA) is 67.8 Å². The Hall–Kier alpha value is -1.30. The fourth-order valence-electron chi connectivity index (χ4n) is 1.39. The van der Waals surface area contributed by atoms with Crippen molar-refractivity contribution in [1.82, 2.24) is 5.32 Å². The molecule has 0 aliphatic carbocycles. The SMILES string of the molecule is CCOC(=O)C1=CC2NC(=O)C=NC2S1. The number of aliphatic imine (C=N–C) groups is 1. The first-order valence-electron chi connectivity index (χ1n) is 4.60. The van der Waals surface area contributed by atoms with Crippen LogP contribution in [0.2, 0.25) is 0 Å². The van der Waals surface area contributed by atoms with Gasteiger partial charge in [0.15, 0.2) is 0 Å². The first-order valence-corrected chi connectivity index (χ1v) is 5.48. The van der Waals surface area contributed by atoms with Gasteiger partial charge in [0.25, 0.3) is 5.91 Å². The van der Waals surface area contributed by atoms with Crippen molar-refractivity contribution in [3.63, 3.8) is 0 Å². The second kappa shape index (κ2) is 4.06. The maximum Gasteiger partial charge on any atom is 0.344 e. The number of amides is 1. The number of nitrogens with zero attached hydrogens (tertiary/aromatic N) is 1. The van der Waals surface area contributed by atoms with E-state index in [9.17, 15) is 9.59 Å². The van der Waals surface area contributed by atoms with E-state index < -0.39 is 0 Å². The average molecular weight is 226 g/mol. The number of nitrogens with one attached hydrogen (secondary N) is 1. The predicted molar refractivity (Wildman–Crippen MR) is 56.5 cm³/mol. The van der Waals surface area contributed by atoms with Gasteiger partial charge in [-0.25, -0.2) is 4.79 Å². The molecular formula is C9H10N2O3S. The minimum atomic E-state index is -0.346. The molecule has 0 aromatic rings. The van der Waals surface area contributed by atoms with E-state index in [-0.39, 0.29) is 23.3 Å². The van der Waals surface area contributed by atoms with Crippen LogP contribution in [0.4, 0.5) is 0 Å². The molecule has 2 atom stereocenters. The van der Waals surface area contributed by atoms with Gasteiger partial charge in [-0.05, 0) is 13.0 Å². The van der Waals surface area contributed by atoms with Gasteiger partial charge in [-0.1, -0.05) is 11.8 Å². The van der Waals surface area contributed by atoms with Crippen molar-refractivity contribution in [2.45, 2.75) is 18.3 Å². The number of carbonyl (C=O) groups is 2. The highest BCUT2D eigenvalue weighted by atomic mass is 32.2. The molecule has 0 bridgehead atoms. The summed E-state index contributed by atoms with van der Waals surface area (Å²) in [7, 11) is 0. The smallest absolute Gasteiger partial charge is 0.344 e. The molecule has 0 aromatic carbocycles. The van der Waals surface area contributed by atoms with E-state index in [0.29, 0.717) is 11.5 Å². The van der Waals surface area contributed by atoms with Crippen molar-refractivity contribution in [2.75, 3.05) is 6.61 Å². The van der Waals surface area contributed by atoms with Crippen molar-refractivity contribution >= 4 is 29.9 Å². The van der Waals surface area contributed by atoms with Crippen molar-refractivity contribution in [3.05, 3.63) is 11.0 Å². The van der Waals surface area contributed by atoms with Crippen LogP contribution >= 0.6 is 11.8 Å². The number of hydrogen-bond donors (Lipinski definition) is 1. The summed E-state index contributed by atoms with van der Waals surface area (Å²) in [6.07, 6.45) is 2.94. The minimum absolute atomic E-state index is 0.123. The first-order chi connectivity index (χ1) is 7.20. The number of hydrogen-bond acceptors (Lipinski definition) is 5. The fourth-order valence-corrected chi connectivity index (χ4v) is 2.44. The van der Waals surface area contributed by atoms with Crippen LogP contribution in [0.15, 0.2) is 16.0 Å². The molecule has 80 valence electrons. The van der Waals surface area contributed by atoms with Gasteiger partial charge >= 0.3 is 5.97 Å². The molecule has 6 heteroatoms. The van der Waals surface area contributed by atoms with Crippen molar-refractivity contribution < 1.29 is 14.3 Å². The third kappa shape index (κ3) is 2.04. The van der Waals surface area contributed by atoms with Crippen molar-refractivity contribution in [1.29, 1.82) is 0 Å². The van der Waals surface area contributed by atoms with Crippen LogP contribution in [-0.2, 0) is 14.3 Å². The van der Waals surface area contributed by atoms with Crippen molar-refractivity contribution in [2.24, 2.45) is 4.99 Å². The van der Waals surface area contributed by atoms with Gasteiger partial charge in [-0.3, -0.25) is 9.79 Å². The van der Waals surface area contributed by atoms with Gasteiger partial charge in [-0.2, -0.15) is 0 Å². The van der Waals surface area contributed by atoms with E-state index in [2.05, 4.69) is 10.3 Å². The maximum absolute atomic E-state index is 11.4. The lowest BCUT2D eigenvalue weighted by molar-refractivity contribution is -0.137. The Morgan fingerprint density at radius 1 is 1.73 bits per heavy atom. The zero-order chi connectivity index (χ0) is 10.8. The molecule has 1 amide bonds. The number of carbonyl (C=O) groups excluding carboxylic acids is 2. The Kier molecular flexibility index (Phi) is 2.77. The first kappa shape index (κ1) is 10.2. The highest BCUT2D eigenvalue weighted by Crippen LogP contribution is 2.34. The van der Waals surface area contributed by atoms with Crippen LogP contribution < -0.4 is 5.32 Å². The van der Waals surface area contributed by atoms with Crippen LogP contribution in [0.25, 0.3) is 0 Å². The van der Waals surface area contributed by atoms with Gasteiger partial charge in [0.1, 0.15) is 5.37 Å². The molecule has 5 nitrogen and oxygen atoms in total. The van der Waals surface area contributed by atoms with Gasteiger partial charge in [-0.15, -0.1) is 0 Å². The summed E-state index contributed by atoms with van der Waals surface area (Å²) in [6.45, 7) is 2.10. The molecule has 0 saturated heterocycles. The predicted octanol–water partition coefficient (Wildman–Crippen LogP) is 0.0755. The second-order valence-corrected chi connectivity index (χ2v) is 4.23. The van der Waals surface area contributed by atoms with Crippen molar-refractivity contribution in [3.8, 4) is 0 Å². The van der Waals surface area contributed by atoms with Crippen LogP contribution in [0.1, 0.15) is 6.92 Å². The monoisotopic (exact) mass is 226 g/mol. The number of thioether (sulfide) groups is 1. The molecule has 0 fully saturated rings. The molecule has 2 rings (SSSR count). The minimum Gasteiger partial charge on any atom is -0.462 e. The van der Waals surface area contributed by atoms with Crippen LogP contribution in [-0.4, -0.2) is 36.1 Å². The Balaban J connectivity index is 2.08. The molecule has 0 aromatic heterocycles. The Labute approximate surface area is 91.0 Å². The Morgan fingerprint density at radius 3 is 3.27 bits per heavy atom. The largest absolute Gasteiger partial charge is 0.462 e. The second-order valence-electron chi connectivity index (χ2n) is 3.07. The summed E-state index contributed by atoms with van der Waals surface area (Å²) in [5.41, 5.74) is 0. The fraction of sp³-hybridized carbons (Fsp3) is 0.444. The number of rotatable bonds is 2. The van der Waals surface area contributed by atoms with Gasteiger partial charge in [0.05, 0.1) is 23.8 Å². The van der Waals surface area contributed by atoms with Crippen LogP contribution in [0.5, 0.6) is 0 Å². The van der Waals surface area contributed by atoms with Gasteiger partial charge < -0.3 is 10.1 Å². The average Bonchev–Trinajstić information content (AvgIpc) is 2.60. The van der Waals surface area contributed by atoms with E-state index in [1.165, 1.54) is 18.0 Å². The molecule has 15 heavy (non-hydrogen) atoms. The third-order valence-electron chi connectivity index (χ3n) is 2.01. The molecule has 2 aliphatic rings. The normalized spacial score (nSPS) is 28.1. The molecular weight excluding hydrogens is 216 g/mol. The Bertz CT molecular complexity index is 364. The number of esters is 1.